The molecule has 1 aliphatic rings. The Bertz CT molecular complexity index is 735. The zero-order valence-corrected chi connectivity index (χ0v) is 16.4. The van der Waals surface area contributed by atoms with Crippen LogP contribution in [0.5, 0.6) is 5.75 Å². The van der Waals surface area contributed by atoms with Crippen molar-refractivity contribution in [2.24, 2.45) is 17.8 Å². The molecule has 2 N–H and O–H groups in total. The molecule has 0 spiro atoms. The predicted molar refractivity (Wildman–Crippen MR) is 103 cm³/mol. The Kier molecular flexibility index (Phi) is 6.82. The third-order valence-corrected chi connectivity index (χ3v) is 5.50. The van der Waals surface area contributed by atoms with Gasteiger partial charge in [0.15, 0.2) is 0 Å². The van der Waals surface area contributed by atoms with Crippen molar-refractivity contribution >= 4 is 17.2 Å². The Balaban J connectivity index is 1.53. The van der Waals surface area contributed by atoms with Gasteiger partial charge in [0.1, 0.15) is 10.8 Å². The second-order valence-corrected chi connectivity index (χ2v) is 8.10. The lowest BCUT2D eigenvalue weighted by Gasteiger charge is -2.19. The molecule has 146 valence electrons. The summed E-state index contributed by atoms with van der Waals surface area (Å²) < 4.78 is 11.6. The maximum absolute atomic E-state index is 12.1. The summed E-state index contributed by atoms with van der Waals surface area (Å²) >= 11 is 1.54. The number of carbonyl (C=O) groups excluding carboxylic acids is 1. The summed E-state index contributed by atoms with van der Waals surface area (Å²) in [5.41, 5.74) is 0.839. The van der Waals surface area contributed by atoms with Crippen LogP contribution < -0.4 is 10.1 Å². The molecule has 0 bridgehead atoms. The van der Waals surface area contributed by atoms with Crippen molar-refractivity contribution in [3.63, 3.8) is 0 Å². The average Bonchev–Trinajstić information content (AvgIpc) is 3.30. The number of aliphatic hydroxyl groups is 1. The van der Waals surface area contributed by atoms with Crippen LogP contribution in [0.25, 0.3) is 0 Å². The number of aliphatic hydroxyl groups excluding tert-OH is 1. The van der Waals surface area contributed by atoms with E-state index in [0.717, 1.165) is 10.6 Å². The van der Waals surface area contributed by atoms with Crippen molar-refractivity contribution in [3.8, 4) is 5.75 Å². The fourth-order valence-electron chi connectivity index (χ4n) is 3.08. The standard InChI is InChI=1S/C20H26N2O4S/c1-13(2)19(23)14-4-3-5-16(8-14)26-10-15-9-22-20(24)17(15)11-25-12-18-21-6-7-27-18/h3-8,13,15,17,19,23H,9-12H2,1-2H3,(H,22,24)/t15-,17-,19?/m1/s1. The van der Waals surface area contributed by atoms with E-state index in [2.05, 4.69) is 10.3 Å². The second kappa shape index (κ2) is 9.30. The molecule has 2 aromatic rings. The van der Waals surface area contributed by atoms with E-state index in [-0.39, 0.29) is 23.7 Å². The summed E-state index contributed by atoms with van der Waals surface area (Å²) in [7, 11) is 0. The van der Waals surface area contributed by atoms with E-state index in [9.17, 15) is 9.90 Å². The number of aromatic nitrogens is 1. The van der Waals surface area contributed by atoms with Crippen LogP contribution in [-0.4, -0.2) is 35.8 Å². The van der Waals surface area contributed by atoms with Crippen LogP contribution in [0.15, 0.2) is 35.8 Å². The fourth-order valence-corrected chi connectivity index (χ4v) is 3.63. The molecule has 1 aromatic heterocycles. The average molecular weight is 391 g/mol. The largest absolute Gasteiger partial charge is 0.493 e. The van der Waals surface area contributed by atoms with E-state index in [1.807, 2.05) is 43.5 Å². The minimum absolute atomic E-state index is 0.00622. The van der Waals surface area contributed by atoms with Crippen LogP contribution >= 0.6 is 11.3 Å². The van der Waals surface area contributed by atoms with Crippen molar-refractivity contribution in [1.82, 2.24) is 10.3 Å². The second-order valence-electron chi connectivity index (χ2n) is 7.13. The fraction of sp³-hybridized carbons (Fsp3) is 0.500. The molecule has 27 heavy (non-hydrogen) atoms. The van der Waals surface area contributed by atoms with Gasteiger partial charge in [0, 0.05) is 24.0 Å². The Morgan fingerprint density at radius 3 is 2.96 bits per heavy atom. The van der Waals surface area contributed by atoms with Crippen LogP contribution in [0.4, 0.5) is 0 Å². The first-order valence-corrected chi connectivity index (χ1v) is 10.1. The highest BCUT2D eigenvalue weighted by Crippen LogP contribution is 2.26. The summed E-state index contributed by atoms with van der Waals surface area (Å²) in [5, 5.41) is 15.9. The molecule has 0 saturated carbocycles. The van der Waals surface area contributed by atoms with Crippen molar-refractivity contribution in [1.29, 1.82) is 0 Å². The number of hydrogen-bond acceptors (Lipinski definition) is 6. The minimum Gasteiger partial charge on any atom is -0.493 e. The molecule has 1 amide bonds. The molecule has 0 radical (unpaired) electrons. The Labute approximate surface area is 163 Å². The zero-order chi connectivity index (χ0) is 19.2. The topological polar surface area (TPSA) is 80.7 Å². The van der Waals surface area contributed by atoms with Gasteiger partial charge in [0.2, 0.25) is 5.91 Å². The first-order valence-electron chi connectivity index (χ1n) is 9.19. The molecule has 6 nitrogen and oxygen atoms in total. The first kappa shape index (κ1) is 19.8. The van der Waals surface area contributed by atoms with E-state index in [1.165, 1.54) is 11.3 Å². The van der Waals surface area contributed by atoms with E-state index in [0.29, 0.717) is 32.1 Å². The number of ether oxygens (including phenoxy) is 2. The molecule has 1 unspecified atom stereocenters. The van der Waals surface area contributed by atoms with E-state index < -0.39 is 6.10 Å². The highest BCUT2D eigenvalue weighted by atomic mass is 32.1. The molecule has 3 rings (SSSR count). The molecule has 1 aromatic carbocycles. The van der Waals surface area contributed by atoms with Gasteiger partial charge in [0.05, 0.1) is 31.8 Å². The molecular weight excluding hydrogens is 364 g/mol. The summed E-state index contributed by atoms with van der Waals surface area (Å²) in [6.45, 7) is 5.73. The van der Waals surface area contributed by atoms with Gasteiger partial charge in [0.25, 0.3) is 0 Å². The van der Waals surface area contributed by atoms with Crippen LogP contribution in [0.1, 0.15) is 30.5 Å². The third kappa shape index (κ3) is 5.28. The van der Waals surface area contributed by atoms with Crippen molar-refractivity contribution in [2.75, 3.05) is 19.8 Å². The molecular formula is C20H26N2O4S. The van der Waals surface area contributed by atoms with Gasteiger partial charge in [-0.2, -0.15) is 0 Å². The van der Waals surface area contributed by atoms with Crippen LogP contribution in [-0.2, 0) is 16.1 Å². The maximum Gasteiger partial charge on any atom is 0.225 e. The summed E-state index contributed by atoms with van der Waals surface area (Å²) in [6.07, 6.45) is 1.22. The van der Waals surface area contributed by atoms with Crippen LogP contribution in [0.3, 0.4) is 0 Å². The monoisotopic (exact) mass is 390 g/mol. The van der Waals surface area contributed by atoms with Gasteiger partial charge in [-0.3, -0.25) is 4.79 Å². The summed E-state index contributed by atoms with van der Waals surface area (Å²) in [6, 6.07) is 7.51. The van der Waals surface area contributed by atoms with Gasteiger partial charge in [-0.05, 0) is 23.6 Å². The SMILES string of the molecule is CC(C)C(O)c1cccc(OC[C@H]2CNC(=O)[C@@H]2COCc2nccs2)c1. The highest BCUT2D eigenvalue weighted by molar-refractivity contribution is 7.09. The number of nitrogens with one attached hydrogen (secondary N) is 1. The Morgan fingerprint density at radius 1 is 1.37 bits per heavy atom. The number of carbonyl (C=O) groups is 1. The number of amides is 1. The number of nitrogens with zero attached hydrogens (tertiary/aromatic N) is 1. The lowest BCUT2D eigenvalue weighted by molar-refractivity contribution is -0.125. The van der Waals surface area contributed by atoms with Gasteiger partial charge in [-0.1, -0.05) is 26.0 Å². The molecule has 1 saturated heterocycles. The van der Waals surface area contributed by atoms with E-state index >= 15 is 0 Å². The van der Waals surface area contributed by atoms with Crippen molar-refractivity contribution in [3.05, 3.63) is 46.4 Å². The molecule has 1 aliphatic heterocycles. The highest BCUT2D eigenvalue weighted by Gasteiger charge is 2.35. The number of rotatable bonds is 9. The smallest absolute Gasteiger partial charge is 0.225 e. The molecule has 7 heteroatoms. The zero-order valence-electron chi connectivity index (χ0n) is 15.6. The molecule has 1 fully saturated rings. The van der Waals surface area contributed by atoms with Gasteiger partial charge in [-0.15, -0.1) is 11.3 Å². The lowest BCUT2D eigenvalue weighted by Crippen LogP contribution is -2.27. The summed E-state index contributed by atoms with van der Waals surface area (Å²) in [5.74, 6) is 0.666. The van der Waals surface area contributed by atoms with E-state index in [4.69, 9.17) is 9.47 Å². The number of hydrogen-bond donors (Lipinski definition) is 2. The first-order chi connectivity index (χ1) is 13.0. The van der Waals surface area contributed by atoms with Gasteiger partial charge < -0.3 is 19.9 Å². The van der Waals surface area contributed by atoms with Gasteiger partial charge >= 0.3 is 0 Å². The number of thiazole rings is 1. The minimum atomic E-state index is -0.518. The van der Waals surface area contributed by atoms with Gasteiger partial charge in [-0.25, -0.2) is 4.98 Å². The van der Waals surface area contributed by atoms with E-state index in [1.54, 1.807) is 6.20 Å². The normalized spacial score (nSPS) is 20.7. The number of benzene rings is 1. The predicted octanol–water partition coefficient (Wildman–Crippen LogP) is 2.79. The molecule has 3 atom stereocenters. The van der Waals surface area contributed by atoms with Crippen LogP contribution in [0.2, 0.25) is 0 Å². The van der Waals surface area contributed by atoms with Crippen molar-refractivity contribution in [2.45, 2.75) is 26.6 Å². The lowest BCUT2D eigenvalue weighted by atomic mass is 9.97. The van der Waals surface area contributed by atoms with Crippen LogP contribution in [0, 0.1) is 17.8 Å². The Hall–Kier alpha value is -1.96. The maximum atomic E-state index is 12.1. The third-order valence-electron chi connectivity index (χ3n) is 4.75. The van der Waals surface area contributed by atoms with Crippen molar-refractivity contribution < 1.29 is 19.4 Å². The molecule has 2 heterocycles. The molecule has 0 aliphatic carbocycles. The summed E-state index contributed by atoms with van der Waals surface area (Å²) in [4.78, 5) is 16.3. The Morgan fingerprint density at radius 2 is 2.22 bits per heavy atom. The quantitative estimate of drug-likeness (QED) is 0.688.